The maximum Gasteiger partial charge on any atom is 0.349 e. The lowest BCUT2D eigenvalue weighted by atomic mass is 9.83. The topological polar surface area (TPSA) is 79.2 Å². The smallest absolute Gasteiger partial charge is 0.349 e. The summed E-state index contributed by atoms with van der Waals surface area (Å²) in [5, 5.41) is 13.2. The highest BCUT2D eigenvalue weighted by molar-refractivity contribution is 7.20. The number of nitriles is 1. The Morgan fingerprint density at radius 2 is 2.00 bits per heavy atom. The molecule has 1 aromatic carbocycles. The fourth-order valence-corrected chi connectivity index (χ4v) is 4.06. The molecule has 1 aliphatic rings. The summed E-state index contributed by atoms with van der Waals surface area (Å²) >= 11 is 1.34. The molecule has 0 radical (unpaired) electrons. The first-order valence-corrected chi connectivity index (χ1v) is 9.27. The predicted molar refractivity (Wildman–Crippen MR) is 96.3 cm³/mol. The average molecular weight is 356 g/mol. The Balaban J connectivity index is 1.64. The minimum atomic E-state index is -0.940. The first-order chi connectivity index (χ1) is 12.0. The Bertz CT molecular complexity index is 798. The minimum Gasteiger partial charge on any atom is -0.448 e. The Hall–Kier alpha value is -2.39. The molecule has 6 heteroatoms. The summed E-state index contributed by atoms with van der Waals surface area (Å²) in [6.07, 6.45) is 3.27. The second-order valence-corrected chi connectivity index (χ2v) is 7.52. The second kappa shape index (κ2) is 7.24. The van der Waals surface area contributed by atoms with E-state index in [0.29, 0.717) is 17.7 Å². The van der Waals surface area contributed by atoms with Gasteiger partial charge in [-0.3, -0.25) is 4.79 Å². The third-order valence-corrected chi connectivity index (χ3v) is 5.66. The number of benzene rings is 1. The molecular weight excluding hydrogens is 336 g/mol. The molecule has 1 aliphatic carbocycles. The summed E-state index contributed by atoms with van der Waals surface area (Å²) in [6, 6.07) is 11.7. The third kappa shape index (κ3) is 3.83. The fraction of sp³-hybridized carbons (Fsp3) is 0.421. The summed E-state index contributed by atoms with van der Waals surface area (Å²) in [4.78, 5) is 25.2. The van der Waals surface area contributed by atoms with Crippen molar-refractivity contribution >= 4 is 33.3 Å². The summed E-state index contributed by atoms with van der Waals surface area (Å²) < 4.78 is 6.31. The van der Waals surface area contributed by atoms with Crippen molar-refractivity contribution in [3.05, 3.63) is 35.2 Å². The van der Waals surface area contributed by atoms with Crippen molar-refractivity contribution in [2.24, 2.45) is 0 Å². The molecule has 1 saturated carbocycles. The monoisotopic (exact) mass is 356 g/mol. The zero-order chi connectivity index (χ0) is 17.9. The minimum absolute atomic E-state index is 0.419. The number of carbonyl (C=O) groups excluding carboxylic acids is 2. The van der Waals surface area contributed by atoms with Gasteiger partial charge in [-0.25, -0.2) is 4.79 Å². The number of carbonyl (C=O) groups is 2. The van der Waals surface area contributed by atoms with Crippen LogP contribution < -0.4 is 5.32 Å². The molecule has 1 heterocycles. The summed E-state index contributed by atoms with van der Waals surface area (Å²) in [5.41, 5.74) is -0.826. The molecule has 0 unspecified atom stereocenters. The van der Waals surface area contributed by atoms with Crippen LogP contribution in [-0.4, -0.2) is 23.5 Å². The van der Waals surface area contributed by atoms with Gasteiger partial charge in [0.1, 0.15) is 10.4 Å². The molecule has 0 aliphatic heterocycles. The number of hydrogen-bond donors (Lipinski definition) is 1. The molecular formula is C19H20N2O3S. The van der Waals surface area contributed by atoms with Gasteiger partial charge in [-0.05, 0) is 37.3 Å². The molecule has 1 aromatic heterocycles. The molecule has 1 N–H and O–H groups in total. The molecule has 0 saturated heterocycles. The van der Waals surface area contributed by atoms with Crippen molar-refractivity contribution in [1.29, 1.82) is 5.26 Å². The van der Waals surface area contributed by atoms with E-state index in [2.05, 4.69) is 11.4 Å². The molecule has 1 atom stereocenters. The number of rotatable bonds is 4. The van der Waals surface area contributed by atoms with Crippen LogP contribution in [0.4, 0.5) is 0 Å². The van der Waals surface area contributed by atoms with E-state index in [4.69, 9.17) is 4.74 Å². The van der Waals surface area contributed by atoms with Gasteiger partial charge in [-0.1, -0.05) is 37.5 Å². The molecule has 2 aromatic rings. The van der Waals surface area contributed by atoms with Gasteiger partial charge in [0.25, 0.3) is 5.91 Å². The number of esters is 1. The Morgan fingerprint density at radius 3 is 2.68 bits per heavy atom. The van der Waals surface area contributed by atoms with Crippen molar-refractivity contribution in [3.63, 3.8) is 0 Å². The van der Waals surface area contributed by atoms with Crippen LogP contribution in [0.5, 0.6) is 0 Å². The molecule has 0 spiro atoms. The number of nitrogens with zero attached hydrogens (tertiary/aromatic N) is 1. The Morgan fingerprint density at radius 1 is 1.28 bits per heavy atom. The van der Waals surface area contributed by atoms with Crippen LogP contribution in [0.15, 0.2) is 30.3 Å². The Kier molecular flexibility index (Phi) is 5.05. The SMILES string of the molecule is C[C@@H](OC(=O)c1cc2ccccc2s1)C(=O)NC1(C#N)CCCCC1. The van der Waals surface area contributed by atoms with Gasteiger partial charge in [-0.2, -0.15) is 5.26 Å². The van der Waals surface area contributed by atoms with E-state index in [1.807, 2.05) is 24.3 Å². The maximum absolute atomic E-state index is 12.4. The zero-order valence-corrected chi connectivity index (χ0v) is 14.9. The first-order valence-electron chi connectivity index (χ1n) is 8.46. The number of nitrogens with one attached hydrogen (secondary N) is 1. The molecule has 0 bridgehead atoms. The highest BCUT2D eigenvalue weighted by Crippen LogP contribution is 2.28. The summed E-state index contributed by atoms with van der Waals surface area (Å²) in [6.45, 7) is 1.54. The fourth-order valence-electron chi connectivity index (χ4n) is 3.11. The van der Waals surface area contributed by atoms with E-state index >= 15 is 0 Å². The lowest BCUT2D eigenvalue weighted by molar-refractivity contribution is -0.130. The van der Waals surface area contributed by atoms with Gasteiger partial charge in [0.2, 0.25) is 0 Å². The summed E-state index contributed by atoms with van der Waals surface area (Å²) in [5.74, 6) is -0.934. The molecule has 1 amide bonds. The van der Waals surface area contributed by atoms with Crippen LogP contribution in [-0.2, 0) is 9.53 Å². The lowest BCUT2D eigenvalue weighted by Crippen LogP contribution is -2.52. The van der Waals surface area contributed by atoms with Gasteiger partial charge in [0.15, 0.2) is 6.10 Å². The van der Waals surface area contributed by atoms with Crippen LogP contribution in [0.1, 0.15) is 48.7 Å². The van der Waals surface area contributed by atoms with Crippen LogP contribution >= 0.6 is 11.3 Å². The normalized spacial score (nSPS) is 17.4. The van der Waals surface area contributed by atoms with Crippen LogP contribution in [0.2, 0.25) is 0 Å². The lowest BCUT2D eigenvalue weighted by Gasteiger charge is -2.32. The molecule has 130 valence electrons. The van der Waals surface area contributed by atoms with Crippen LogP contribution in [0.25, 0.3) is 10.1 Å². The van der Waals surface area contributed by atoms with Crippen molar-refractivity contribution in [1.82, 2.24) is 5.32 Å². The number of ether oxygens (including phenoxy) is 1. The van der Waals surface area contributed by atoms with E-state index in [1.165, 1.54) is 18.3 Å². The van der Waals surface area contributed by atoms with Crippen molar-refractivity contribution in [3.8, 4) is 6.07 Å². The van der Waals surface area contributed by atoms with E-state index in [0.717, 1.165) is 29.3 Å². The van der Waals surface area contributed by atoms with Gasteiger partial charge < -0.3 is 10.1 Å². The summed E-state index contributed by atoms with van der Waals surface area (Å²) in [7, 11) is 0. The second-order valence-electron chi connectivity index (χ2n) is 6.44. The molecule has 25 heavy (non-hydrogen) atoms. The Labute approximate surface area is 150 Å². The average Bonchev–Trinajstić information content (AvgIpc) is 3.06. The van der Waals surface area contributed by atoms with Gasteiger partial charge >= 0.3 is 5.97 Å². The standard InChI is InChI=1S/C19H20N2O3S/c1-13(17(22)21-19(12-20)9-5-2-6-10-19)24-18(23)16-11-14-7-3-4-8-15(14)25-16/h3-4,7-8,11,13H,2,5-6,9-10H2,1H3,(H,21,22)/t13-/m1/s1. The van der Waals surface area contributed by atoms with Gasteiger partial charge in [0, 0.05) is 4.70 Å². The van der Waals surface area contributed by atoms with E-state index in [1.54, 1.807) is 6.07 Å². The van der Waals surface area contributed by atoms with Crippen LogP contribution in [0.3, 0.4) is 0 Å². The predicted octanol–water partition coefficient (Wildman–Crippen LogP) is 3.79. The highest BCUT2D eigenvalue weighted by atomic mass is 32.1. The molecule has 1 fully saturated rings. The first kappa shape index (κ1) is 17.4. The number of fused-ring (bicyclic) bond motifs is 1. The molecule has 5 nitrogen and oxygen atoms in total. The van der Waals surface area contributed by atoms with Crippen molar-refractivity contribution < 1.29 is 14.3 Å². The number of amides is 1. The highest BCUT2D eigenvalue weighted by Gasteiger charge is 2.35. The third-order valence-electron chi connectivity index (χ3n) is 4.56. The van der Waals surface area contributed by atoms with Crippen molar-refractivity contribution in [2.45, 2.75) is 50.7 Å². The zero-order valence-electron chi connectivity index (χ0n) is 14.1. The number of hydrogen-bond acceptors (Lipinski definition) is 5. The number of thiophene rings is 1. The maximum atomic E-state index is 12.4. The van der Waals surface area contributed by atoms with Crippen molar-refractivity contribution in [2.75, 3.05) is 0 Å². The van der Waals surface area contributed by atoms with E-state index < -0.39 is 23.5 Å². The molecule has 3 rings (SSSR count). The van der Waals surface area contributed by atoms with Crippen LogP contribution in [0, 0.1) is 11.3 Å². The van der Waals surface area contributed by atoms with Gasteiger partial charge in [-0.15, -0.1) is 11.3 Å². The van der Waals surface area contributed by atoms with E-state index in [-0.39, 0.29) is 0 Å². The van der Waals surface area contributed by atoms with Gasteiger partial charge in [0.05, 0.1) is 6.07 Å². The quantitative estimate of drug-likeness (QED) is 0.845. The largest absolute Gasteiger partial charge is 0.448 e. The van der Waals surface area contributed by atoms with E-state index in [9.17, 15) is 14.9 Å².